The van der Waals surface area contributed by atoms with Gasteiger partial charge in [-0.15, -0.1) is 0 Å². The van der Waals surface area contributed by atoms with E-state index in [9.17, 15) is 4.79 Å². The molecular weight excluding hydrogens is 242 g/mol. The van der Waals surface area contributed by atoms with Crippen molar-refractivity contribution < 1.29 is 9.90 Å². The van der Waals surface area contributed by atoms with E-state index in [-0.39, 0.29) is 5.57 Å². The molecule has 1 aromatic rings. The number of hydrogen-bond acceptors (Lipinski definition) is 4. The summed E-state index contributed by atoms with van der Waals surface area (Å²) in [6.45, 7) is 0.629. The molecule has 0 heterocycles. The minimum atomic E-state index is -1.24. The first-order chi connectivity index (χ1) is 9.08. The Morgan fingerprint density at radius 1 is 1.37 bits per heavy atom. The average Bonchev–Trinajstić information content (AvgIpc) is 2.42. The van der Waals surface area contributed by atoms with Crippen LogP contribution in [-0.4, -0.2) is 24.7 Å². The quantitative estimate of drug-likeness (QED) is 0.642. The van der Waals surface area contributed by atoms with Gasteiger partial charge in [-0.1, -0.05) is 12.1 Å². The van der Waals surface area contributed by atoms with Crippen LogP contribution < -0.4 is 4.90 Å². The number of carboxylic acid groups (broad SMARTS) is 1. The van der Waals surface area contributed by atoms with Gasteiger partial charge >= 0.3 is 5.97 Å². The Kier molecular flexibility index (Phi) is 5.13. The molecule has 96 valence electrons. The molecule has 0 saturated carbocycles. The summed E-state index contributed by atoms with van der Waals surface area (Å²) in [5.41, 5.74) is 1.28. The Labute approximate surface area is 111 Å². The van der Waals surface area contributed by atoms with Crippen LogP contribution >= 0.6 is 0 Å². The fraction of sp³-hybridized carbons (Fsp3) is 0.214. The molecule has 0 aromatic heterocycles. The molecule has 0 unspecified atom stereocenters. The Hall–Kier alpha value is -2.79. The standard InChI is InChI=1S/C14H13N3O2/c1-17(8-2-7-15)13-5-3-11(4-6-13)9-12(10-16)14(18)19/h3-6,9H,2,8H2,1H3,(H,18,19). The van der Waals surface area contributed by atoms with Crippen LogP contribution in [-0.2, 0) is 4.79 Å². The molecule has 0 fully saturated rings. The van der Waals surface area contributed by atoms with E-state index in [4.69, 9.17) is 15.6 Å². The van der Waals surface area contributed by atoms with Crippen LogP contribution in [0.25, 0.3) is 6.08 Å². The van der Waals surface area contributed by atoms with Crippen LogP contribution in [0, 0.1) is 22.7 Å². The second-order valence-electron chi connectivity index (χ2n) is 3.90. The van der Waals surface area contributed by atoms with E-state index >= 15 is 0 Å². The Morgan fingerprint density at radius 2 is 2.00 bits per heavy atom. The predicted octanol–water partition coefficient (Wildman–Crippen LogP) is 2.03. The van der Waals surface area contributed by atoms with Gasteiger partial charge in [0.25, 0.3) is 0 Å². The fourth-order valence-electron chi connectivity index (χ4n) is 1.48. The maximum Gasteiger partial charge on any atom is 0.346 e. The first-order valence-corrected chi connectivity index (χ1v) is 5.61. The molecule has 0 radical (unpaired) electrons. The number of carbonyl (C=O) groups is 1. The SMILES string of the molecule is CN(CCC#N)c1ccc(C=C(C#N)C(=O)O)cc1. The van der Waals surface area contributed by atoms with E-state index in [1.807, 2.05) is 24.1 Å². The number of benzene rings is 1. The highest BCUT2D eigenvalue weighted by molar-refractivity contribution is 5.96. The van der Waals surface area contributed by atoms with Crippen molar-refractivity contribution in [1.82, 2.24) is 0 Å². The molecule has 5 heteroatoms. The van der Waals surface area contributed by atoms with Crippen molar-refractivity contribution >= 4 is 17.7 Å². The molecule has 0 bridgehead atoms. The summed E-state index contributed by atoms with van der Waals surface area (Å²) in [6.07, 6.45) is 1.76. The van der Waals surface area contributed by atoms with Gasteiger partial charge in [-0.2, -0.15) is 10.5 Å². The third-order valence-electron chi connectivity index (χ3n) is 2.55. The normalized spacial score (nSPS) is 10.4. The zero-order valence-electron chi connectivity index (χ0n) is 10.5. The second-order valence-corrected chi connectivity index (χ2v) is 3.90. The summed E-state index contributed by atoms with van der Waals surface area (Å²) < 4.78 is 0. The topological polar surface area (TPSA) is 88.1 Å². The van der Waals surface area contributed by atoms with E-state index in [1.165, 1.54) is 6.08 Å². The number of anilines is 1. The van der Waals surface area contributed by atoms with Gasteiger partial charge in [0.15, 0.2) is 0 Å². The van der Waals surface area contributed by atoms with Crippen LogP contribution in [0.4, 0.5) is 5.69 Å². The summed E-state index contributed by atoms with van der Waals surface area (Å²) in [4.78, 5) is 12.6. The third kappa shape index (κ3) is 4.18. The summed E-state index contributed by atoms with van der Waals surface area (Å²) in [6, 6.07) is 10.8. The van der Waals surface area contributed by atoms with Crippen molar-refractivity contribution in [2.45, 2.75) is 6.42 Å². The molecule has 0 aliphatic carbocycles. The zero-order valence-corrected chi connectivity index (χ0v) is 10.5. The van der Waals surface area contributed by atoms with E-state index in [0.717, 1.165) is 5.69 Å². The van der Waals surface area contributed by atoms with E-state index in [1.54, 1.807) is 18.2 Å². The Balaban J connectivity index is 2.86. The Morgan fingerprint density at radius 3 is 2.47 bits per heavy atom. The van der Waals surface area contributed by atoms with Crippen LogP contribution in [0.5, 0.6) is 0 Å². The highest BCUT2D eigenvalue weighted by Gasteiger charge is 2.06. The van der Waals surface area contributed by atoms with Gasteiger partial charge in [-0.3, -0.25) is 0 Å². The maximum absolute atomic E-state index is 10.7. The van der Waals surface area contributed by atoms with E-state index in [0.29, 0.717) is 18.5 Å². The second kappa shape index (κ2) is 6.83. The lowest BCUT2D eigenvalue weighted by Gasteiger charge is -2.17. The number of rotatable bonds is 5. The zero-order chi connectivity index (χ0) is 14.3. The molecule has 19 heavy (non-hydrogen) atoms. The first kappa shape index (κ1) is 14.3. The highest BCUT2D eigenvalue weighted by Crippen LogP contribution is 2.16. The molecule has 0 aliphatic rings. The largest absolute Gasteiger partial charge is 0.477 e. The Bertz CT molecular complexity index is 562. The predicted molar refractivity (Wildman–Crippen MR) is 71.2 cm³/mol. The third-order valence-corrected chi connectivity index (χ3v) is 2.55. The van der Waals surface area contributed by atoms with E-state index in [2.05, 4.69) is 6.07 Å². The smallest absolute Gasteiger partial charge is 0.346 e. The van der Waals surface area contributed by atoms with Crippen molar-refractivity contribution in [1.29, 1.82) is 10.5 Å². The van der Waals surface area contributed by atoms with Crippen molar-refractivity contribution in [2.24, 2.45) is 0 Å². The number of nitriles is 2. The lowest BCUT2D eigenvalue weighted by Crippen LogP contribution is -2.17. The molecule has 0 atom stereocenters. The first-order valence-electron chi connectivity index (χ1n) is 5.61. The van der Waals surface area contributed by atoms with Crippen LogP contribution in [0.2, 0.25) is 0 Å². The van der Waals surface area contributed by atoms with Crippen LogP contribution in [0.15, 0.2) is 29.8 Å². The summed E-state index contributed by atoms with van der Waals surface area (Å²) >= 11 is 0. The number of carboxylic acids is 1. The molecular formula is C14H13N3O2. The van der Waals surface area contributed by atoms with Crippen molar-refractivity contribution in [3.05, 3.63) is 35.4 Å². The van der Waals surface area contributed by atoms with Gasteiger partial charge in [-0.25, -0.2) is 4.79 Å². The van der Waals surface area contributed by atoms with Gasteiger partial charge in [-0.05, 0) is 23.8 Å². The molecule has 1 rings (SSSR count). The van der Waals surface area contributed by atoms with Crippen LogP contribution in [0.1, 0.15) is 12.0 Å². The molecule has 5 nitrogen and oxygen atoms in total. The lowest BCUT2D eigenvalue weighted by molar-refractivity contribution is -0.132. The molecule has 0 aliphatic heterocycles. The molecule has 0 amide bonds. The maximum atomic E-state index is 10.7. The van der Waals surface area contributed by atoms with Gasteiger partial charge in [0, 0.05) is 19.3 Å². The molecule has 1 aromatic carbocycles. The summed E-state index contributed by atoms with van der Waals surface area (Å²) in [7, 11) is 1.88. The van der Waals surface area contributed by atoms with E-state index < -0.39 is 5.97 Å². The monoisotopic (exact) mass is 255 g/mol. The van der Waals surface area contributed by atoms with Gasteiger partial charge in [0.2, 0.25) is 0 Å². The summed E-state index contributed by atoms with van der Waals surface area (Å²) in [5.74, 6) is -1.24. The van der Waals surface area contributed by atoms with Gasteiger partial charge in [0.05, 0.1) is 12.5 Å². The van der Waals surface area contributed by atoms with Crippen molar-refractivity contribution in [3.63, 3.8) is 0 Å². The molecule has 1 N–H and O–H groups in total. The number of hydrogen-bond donors (Lipinski definition) is 1. The minimum absolute atomic E-state index is 0.300. The highest BCUT2D eigenvalue weighted by atomic mass is 16.4. The molecule has 0 saturated heterocycles. The van der Waals surface area contributed by atoms with Gasteiger partial charge < -0.3 is 10.0 Å². The average molecular weight is 255 g/mol. The number of aliphatic carboxylic acids is 1. The lowest BCUT2D eigenvalue weighted by atomic mass is 10.1. The molecule has 0 spiro atoms. The van der Waals surface area contributed by atoms with Crippen molar-refractivity contribution in [2.75, 3.05) is 18.5 Å². The van der Waals surface area contributed by atoms with Crippen molar-refractivity contribution in [3.8, 4) is 12.1 Å². The number of nitrogens with zero attached hydrogens (tertiary/aromatic N) is 3. The summed E-state index contributed by atoms with van der Waals surface area (Å²) in [5, 5.41) is 25.9. The minimum Gasteiger partial charge on any atom is -0.477 e. The van der Waals surface area contributed by atoms with Gasteiger partial charge in [0.1, 0.15) is 11.6 Å². The fourth-order valence-corrected chi connectivity index (χ4v) is 1.48. The van der Waals surface area contributed by atoms with Crippen LogP contribution in [0.3, 0.4) is 0 Å².